The highest BCUT2D eigenvalue weighted by Gasteiger charge is 2.12. The normalized spacial score (nSPS) is 10.7. The molecular formula is C22H19BrN2O4. The molecule has 0 radical (unpaired) electrons. The number of rotatable bonds is 7. The molecule has 3 aromatic rings. The monoisotopic (exact) mass is 454 g/mol. The van der Waals surface area contributed by atoms with Gasteiger partial charge in [0, 0.05) is 10.0 Å². The van der Waals surface area contributed by atoms with Gasteiger partial charge >= 0.3 is 0 Å². The summed E-state index contributed by atoms with van der Waals surface area (Å²) in [5, 5.41) is 14.1. The first-order valence-electron chi connectivity index (χ1n) is 8.74. The smallest absolute Gasteiger partial charge is 0.275 e. The van der Waals surface area contributed by atoms with Gasteiger partial charge < -0.3 is 14.6 Å². The third-order valence-corrected chi connectivity index (χ3v) is 4.49. The number of methoxy groups -OCH3 is 1. The maximum atomic E-state index is 12.5. The Bertz CT molecular complexity index is 1020. The highest BCUT2D eigenvalue weighted by Crippen LogP contribution is 2.32. The van der Waals surface area contributed by atoms with Crippen LogP contribution in [-0.2, 0) is 6.61 Å². The van der Waals surface area contributed by atoms with E-state index >= 15 is 0 Å². The van der Waals surface area contributed by atoms with Gasteiger partial charge in [0.15, 0.2) is 11.5 Å². The summed E-state index contributed by atoms with van der Waals surface area (Å²) in [6.07, 6.45) is 1.34. The number of nitrogens with zero attached hydrogens (tertiary/aromatic N) is 1. The summed E-state index contributed by atoms with van der Waals surface area (Å²) in [5.41, 5.74) is 4.20. The van der Waals surface area contributed by atoms with Gasteiger partial charge in [-0.3, -0.25) is 4.79 Å². The first kappa shape index (κ1) is 20.4. The van der Waals surface area contributed by atoms with Crippen LogP contribution in [0.1, 0.15) is 21.5 Å². The number of hydrogen-bond acceptors (Lipinski definition) is 5. The van der Waals surface area contributed by atoms with Crippen molar-refractivity contribution in [3.8, 4) is 17.2 Å². The minimum absolute atomic E-state index is 0.0692. The number of ether oxygens (including phenoxy) is 2. The Morgan fingerprint density at radius 3 is 2.59 bits per heavy atom. The molecule has 0 aliphatic carbocycles. The van der Waals surface area contributed by atoms with Crippen LogP contribution in [0.3, 0.4) is 0 Å². The van der Waals surface area contributed by atoms with Crippen molar-refractivity contribution in [2.24, 2.45) is 5.10 Å². The number of aromatic hydroxyl groups is 1. The van der Waals surface area contributed by atoms with Crippen molar-refractivity contribution in [1.82, 2.24) is 5.43 Å². The lowest BCUT2D eigenvalue weighted by atomic mass is 10.2. The molecule has 0 aromatic heterocycles. The standard InChI is InChI=1S/C22H19BrN2O4/c1-28-20-12-17(23)11-16(21(20)26)13-24-25-22(27)18-9-5-6-10-19(18)29-14-15-7-3-2-4-8-15/h2-13,26H,14H2,1H3,(H,25,27). The Morgan fingerprint density at radius 1 is 1.10 bits per heavy atom. The number of phenolic OH excluding ortho intramolecular Hbond substituents is 1. The number of nitrogens with one attached hydrogen (secondary N) is 1. The average molecular weight is 455 g/mol. The quantitative estimate of drug-likeness (QED) is 0.406. The Kier molecular flexibility index (Phi) is 6.86. The molecule has 0 atom stereocenters. The van der Waals surface area contributed by atoms with Gasteiger partial charge in [0.25, 0.3) is 5.91 Å². The van der Waals surface area contributed by atoms with E-state index in [4.69, 9.17) is 9.47 Å². The molecular weight excluding hydrogens is 436 g/mol. The summed E-state index contributed by atoms with van der Waals surface area (Å²) in [4.78, 5) is 12.5. The van der Waals surface area contributed by atoms with E-state index in [1.807, 2.05) is 30.3 Å². The minimum Gasteiger partial charge on any atom is -0.504 e. The van der Waals surface area contributed by atoms with Crippen molar-refractivity contribution < 1.29 is 19.4 Å². The molecule has 0 saturated heterocycles. The average Bonchev–Trinajstić information content (AvgIpc) is 2.75. The zero-order chi connectivity index (χ0) is 20.6. The highest BCUT2D eigenvalue weighted by atomic mass is 79.9. The van der Waals surface area contributed by atoms with Crippen molar-refractivity contribution in [2.75, 3.05) is 7.11 Å². The molecule has 2 N–H and O–H groups in total. The molecule has 7 heteroatoms. The van der Waals surface area contributed by atoms with E-state index in [9.17, 15) is 9.90 Å². The van der Waals surface area contributed by atoms with Crippen molar-refractivity contribution in [2.45, 2.75) is 6.61 Å². The minimum atomic E-state index is -0.425. The topological polar surface area (TPSA) is 80.2 Å². The largest absolute Gasteiger partial charge is 0.504 e. The molecule has 0 fully saturated rings. The number of hydrazone groups is 1. The number of halogens is 1. The molecule has 1 amide bonds. The second-order valence-electron chi connectivity index (χ2n) is 6.02. The summed E-state index contributed by atoms with van der Waals surface area (Å²) in [5.74, 6) is 0.259. The Labute approximate surface area is 176 Å². The van der Waals surface area contributed by atoms with E-state index < -0.39 is 5.91 Å². The third-order valence-electron chi connectivity index (χ3n) is 4.03. The van der Waals surface area contributed by atoms with Crippen molar-refractivity contribution >= 4 is 28.1 Å². The zero-order valence-corrected chi connectivity index (χ0v) is 17.2. The second-order valence-corrected chi connectivity index (χ2v) is 6.93. The van der Waals surface area contributed by atoms with Gasteiger partial charge in [0.1, 0.15) is 12.4 Å². The summed E-state index contributed by atoms with van der Waals surface area (Å²) >= 11 is 3.33. The van der Waals surface area contributed by atoms with Crippen LogP contribution in [0.15, 0.2) is 76.3 Å². The van der Waals surface area contributed by atoms with Crippen molar-refractivity contribution in [1.29, 1.82) is 0 Å². The van der Waals surface area contributed by atoms with Gasteiger partial charge in [-0.2, -0.15) is 5.10 Å². The molecule has 29 heavy (non-hydrogen) atoms. The van der Waals surface area contributed by atoms with Crippen LogP contribution in [-0.4, -0.2) is 24.3 Å². The maximum Gasteiger partial charge on any atom is 0.275 e. The van der Waals surface area contributed by atoms with Crippen LogP contribution in [0.5, 0.6) is 17.2 Å². The van der Waals surface area contributed by atoms with Crippen LogP contribution >= 0.6 is 15.9 Å². The van der Waals surface area contributed by atoms with Crippen LogP contribution in [0, 0.1) is 0 Å². The molecule has 0 aliphatic rings. The van der Waals surface area contributed by atoms with Crippen LogP contribution in [0.25, 0.3) is 0 Å². The number of hydrogen-bond donors (Lipinski definition) is 2. The molecule has 0 unspecified atom stereocenters. The van der Waals surface area contributed by atoms with Gasteiger partial charge in [-0.05, 0) is 29.8 Å². The zero-order valence-electron chi connectivity index (χ0n) is 15.6. The predicted octanol–water partition coefficient (Wildman–Crippen LogP) is 4.51. The summed E-state index contributed by atoms with van der Waals surface area (Å²) in [6.45, 7) is 0.347. The molecule has 148 valence electrons. The molecule has 0 heterocycles. The number of phenols is 1. The number of amides is 1. The van der Waals surface area contributed by atoms with E-state index in [0.717, 1.165) is 5.56 Å². The van der Waals surface area contributed by atoms with Crippen LogP contribution in [0.2, 0.25) is 0 Å². The number of carbonyl (C=O) groups is 1. The van der Waals surface area contributed by atoms with Crippen molar-refractivity contribution in [3.05, 3.63) is 87.9 Å². The fraction of sp³-hybridized carbons (Fsp3) is 0.0909. The third kappa shape index (κ3) is 5.36. The molecule has 0 aliphatic heterocycles. The first-order valence-corrected chi connectivity index (χ1v) is 9.53. The Hall–Kier alpha value is -3.32. The second kappa shape index (κ2) is 9.75. The van der Waals surface area contributed by atoms with E-state index in [2.05, 4.69) is 26.5 Å². The fourth-order valence-corrected chi connectivity index (χ4v) is 3.04. The molecule has 3 aromatic carbocycles. The van der Waals surface area contributed by atoms with Crippen LogP contribution in [0.4, 0.5) is 0 Å². The summed E-state index contributed by atoms with van der Waals surface area (Å²) in [7, 11) is 1.45. The van der Waals surface area contributed by atoms with E-state index in [1.165, 1.54) is 13.3 Å². The summed E-state index contributed by atoms with van der Waals surface area (Å²) in [6, 6.07) is 19.9. The van der Waals surface area contributed by atoms with Crippen molar-refractivity contribution in [3.63, 3.8) is 0 Å². The van der Waals surface area contributed by atoms with Gasteiger partial charge in [0.05, 0.1) is 18.9 Å². The first-order chi connectivity index (χ1) is 14.1. The van der Waals surface area contributed by atoms with Gasteiger partial charge in [0.2, 0.25) is 0 Å². The highest BCUT2D eigenvalue weighted by molar-refractivity contribution is 9.10. The van der Waals surface area contributed by atoms with Gasteiger partial charge in [-0.25, -0.2) is 5.43 Å². The lowest BCUT2D eigenvalue weighted by Gasteiger charge is -2.10. The van der Waals surface area contributed by atoms with Gasteiger partial charge in [-0.15, -0.1) is 0 Å². The summed E-state index contributed by atoms with van der Waals surface area (Å²) < 4.78 is 11.6. The Morgan fingerprint density at radius 2 is 1.83 bits per heavy atom. The molecule has 0 bridgehead atoms. The molecule has 3 rings (SSSR count). The lowest BCUT2D eigenvalue weighted by molar-refractivity contribution is 0.0950. The number of para-hydroxylation sites is 1. The Balaban J connectivity index is 1.70. The van der Waals surface area contributed by atoms with E-state index in [-0.39, 0.29) is 5.75 Å². The van der Waals surface area contributed by atoms with E-state index in [1.54, 1.807) is 36.4 Å². The van der Waals surface area contributed by atoms with Crippen LogP contribution < -0.4 is 14.9 Å². The predicted molar refractivity (Wildman–Crippen MR) is 115 cm³/mol. The van der Waals surface area contributed by atoms with E-state index in [0.29, 0.717) is 33.7 Å². The maximum absolute atomic E-state index is 12.5. The number of benzene rings is 3. The number of carbonyl (C=O) groups excluding carboxylic acids is 1. The SMILES string of the molecule is COc1cc(Br)cc(C=NNC(=O)c2ccccc2OCc2ccccc2)c1O. The lowest BCUT2D eigenvalue weighted by Crippen LogP contribution is -2.18. The molecule has 0 spiro atoms. The van der Waals surface area contributed by atoms with Gasteiger partial charge in [-0.1, -0.05) is 58.4 Å². The molecule has 6 nitrogen and oxygen atoms in total. The fourth-order valence-electron chi connectivity index (χ4n) is 2.58. The molecule has 0 saturated carbocycles.